The lowest BCUT2D eigenvalue weighted by atomic mass is 9.97. The Hall–Kier alpha value is -1.39. The van der Waals surface area contributed by atoms with E-state index in [0.717, 1.165) is 16.9 Å². The number of aliphatic hydroxyl groups excluding tert-OH is 1. The lowest BCUT2D eigenvalue weighted by Crippen LogP contribution is -2.04. The number of rotatable bonds is 3. The first kappa shape index (κ1) is 15.0. The molecule has 2 aromatic rings. The topological polar surface area (TPSA) is 29.5 Å². The second kappa shape index (κ2) is 5.94. The van der Waals surface area contributed by atoms with Gasteiger partial charge in [-0.1, -0.05) is 12.1 Å². The van der Waals surface area contributed by atoms with E-state index in [2.05, 4.69) is 15.9 Å². The average molecular weight is 339 g/mol. The van der Waals surface area contributed by atoms with Crippen LogP contribution in [0.2, 0.25) is 0 Å². The van der Waals surface area contributed by atoms with Crippen molar-refractivity contribution >= 4 is 15.9 Å². The second-order valence-corrected chi connectivity index (χ2v) is 5.53. The van der Waals surface area contributed by atoms with E-state index in [1.807, 2.05) is 26.0 Å². The molecule has 2 rings (SSSR count). The summed E-state index contributed by atoms with van der Waals surface area (Å²) in [5.74, 6) is 0.419. The molecule has 0 bridgehead atoms. The number of aryl methyl sites for hydroxylation is 2. The molecular formula is C16H16BrFO2. The summed E-state index contributed by atoms with van der Waals surface area (Å²) in [6.07, 6.45) is -0.886. The average Bonchev–Trinajstić information content (AvgIpc) is 2.41. The zero-order valence-electron chi connectivity index (χ0n) is 11.6. The molecule has 0 aromatic heterocycles. The van der Waals surface area contributed by atoms with E-state index in [1.54, 1.807) is 19.2 Å². The number of ether oxygens (including phenoxy) is 1. The van der Waals surface area contributed by atoms with Gasteiger partial charge in [0.05, 0.1) is 11.6 Å². The summed E-state index contributed by atoms with van der Waals surface area (Å²) in [6, 6.07) is 8.35. The van der Waals surface area contributed by atoms with Crippen LogP contribution in [-0.2, 0) is 0 Å². The first-order chi connectivity index (χ1) is 9.45. The van der Waals surface area contributed by atoms with Crippen LogP contribution in [0.1, 0.15) is 28.4 Å². The number of hydrogen-bond donors (Lipinski definition) is 1. The van der Waals surface area contributed by atoms with Crippen molar-refractivity contribution in [1.29, 1.82) is 0 Å². The van der Waals surface area contributed by atoms with E-state index in [-0.39, 0.29) is 5.82 Å². The monoisotopic (exact) mass is 338 g/mol. The minimum atomic E-state index is -0.886. The highest BCUT2D eigenvalue weighted by Crippen LogP contribution is 2.33. The molecule has 4 heteroatoms. The van der Waals surface area contributed by atoms with Gasteiger partial charge in [0.15, 0.2) is 0 Å². The fraction of sp³-hybridized carbons (Fsp3) is 0.250. The molecule has 0 radical (unpaired) electrons. The van der Waals surface area contributed by atoms with Crippen molar-refractivity contribution in [2.45, 2.75) is 20.0 Å². The van der Waals surface area contributed by atoms with Gasteiger partial charge < -0.3 is 9.84 Å². The lowest BCUT2D eigenvalue weighted by molar-refractivity contribution is 0.218. The van der Waals surface area contributed by atoms with Crippen LogP contribution < -0.4 is 4.74 Å². The van der Waals surface area contributed by atoms with Crippen molar-refractivity contribution in [2.75, 3.05) is 7.11 Å². The van der Waals surface area contributed by atoms with E-state index in [4.69, 9.17) is 4.74 Å². The highest BCUT2D eigenvalue weighted by atomic mass is 79.9. The van der Waals surface area contributed by atoms with E-state index in [0.29, 0.717) is 15.6 Å². The zero-order chi connectivity index (χ0) is 14.9. The molecule has 1 N–H and O–H groups in total. The van der Waals surface area contributed by atoms with Crippen LogP contribution in [0.5, 0.6) is 5.75 Å². The van der Waals surface area contributed by atoms with E-state index >= 15 is 0 Å². The highest BCUT2D eigenvalue weighted by Gasteiger charge is 2.18. The minimum absolute atomic E-state index is 0.290. The number of benzene rings is 2. The zero-order valence-corrected chi connectivity index (χ0v) is 13.2. The van der Waals surface area contributed by atoms with Crippen LogP contribution in [0, 0.1) is 19.7 Å². The quantitative estimate of drug-likeness (QED) is 0.904. The summed E-state index contributed by atoms with van der Waals surface area (Å²) in [7, 11) is 1.62. The molecule has 2 aromatic carbocycles. The molecule has 0 saturated carbocycles. The Morgan fingerprint density at radius 1 is 1.20 bits per heavy atom. The molecule has 0 fully saturated rings. The summed E-state index contributed by atoms with van der Waals surface area (Å²) < 4.78 is 19.2. The molecule has 106 valence electrons. The Morgan fingerprint density at radius 3 is 2.35 bits per heavy atom. The molecule has 2 nitrogen and oxygen atoms in total. The molecular weight excluding hydrogens is 323 g/mol. The van der Waals surface area contributed by atoms with Crippen LogP contribution >= 0.6 is 15.9 Å². The smallest absolute Gasteiger partial charge is 0.137 e. The summed E-state index contributed by atoms with van der Waals surface area (Å²) in [4.78, 5) is 0. The Kier molecular flexibility index (Phi) is 4.45. The normalized spacial score (nSPS) is 12.3. The van der Waals surface area contributed by atoms with E-state index < -0.39 is 6.10 Å². The number of methoxy groups -OCH3 is 1. The second-order valence-electron chi connectivity index (χ2n) is 4.73. The Bertz CT molecular complexity index is 617. The highest BCUT2D eigenvalue weighted by molar-refractivity contribution is 9.10. The lowest BCUT2D eigenvalue weighted by Gasteiger charge is -2.17. The number of hydrogen-bond acceptors (Lipinski definition) is 2. The van der Waals surface area contributed by atoms with Crippen LogP contribution in [0.25, 0.3) is 0 Å². The van der Waals surface area contributed by atoms with Gasteiger partial charge in [-0.25, -0.2) is 4.39 Å². The molecule has 0 aliphatic heterocycles. The third-order valence-corrected chi connectivity index (χ3v) is 4.12. The number of halogens is 2. The van der Waals surface area contributed by atoms with Crippen LogP contribution in [0.15, 0.2) is 34.8 Å². The fourth-order valence-corrected chi connectivity index (χ4v) is 2.86. The van der Waals surface area contributed by atoms with Crippen LogP contribution in [-0.4, -0.2) is 12.2 Å². The van der Waals surface area contributed by atoms with Gasteiger partial charge in [-0.05, 0) is 64.7 Å². The van der Waals surface area contributed by atoms with Crippen molar-refractivity contribution in [1.82, 2.24) is 0 Å². The number of aliphatic hydroxyl groups is 1. The van der Waals surface area contributed by atoms with Crippen molar-refractivity contribution in [3.8, 4) is 5.75 Å². The van der Waals surface area contributed by atoms with Crippen molar-refractivity contribution < 1.29 is 14.2 Å². The van der Waals surface area contributed by atoms with Crippen LogP contribution in [0.3, 0.4) is 0 Å². The molecule has 1 unspecified atom stereocenters. The van der Waals surface area contributed by atoms with Crippen molar-refractivity contribution in [3.05, 3.63) is 62.9 Å². The van der Waals surface area contributed by atoms with Gasteiger partial charge in [0.2, 0.25) is 0 Å². The Morgan fingerprint density at radius 2 is 1.80 bits per heavy atom. The van der Waals surface area contributed by atoms with Gasteiger partial charge in [-0.15, -0.1) is 0 Å². The summed E-state index contributed by atoms with van der Waals surface area (Å²) >= 11 is 3.18. The van der Waals surface area contributed by atoms with Gasteiger partial charge >= 0.3 is 0 Å². The van der Waals surface area contributed by atoms with Crippen LogP contribution in [0.4, 0.5) is 4.39 Å². The van der Waals surface area contributed by atoms with Gasteiger partial charge in [0.25, 0.3) is 0 Å². The minimum Gasteiger partial charge on any atom is -0.496 e. The first-order valence-corrected chi connectivity index (χ1v) is 7.02. The van der Waals surface area contributed by atoms with Gasteiger partial charge in [0.1, 0.15) is 17.7 Å². The first-order valence-electron chi connectivity index (χ1n) is 6.22. The van der Waals surface area contributed by atoms with E-state index in [9.17, 15) is 9.50 Å². The van der Waals surface area contributed by atoms with Crippen molar-refractivity contribution in [2.24, 2.45) is 0 Å². The molecule has 0 heterocycles. The molecule has 0 aliphatic rings. The standard InChI is InChI=1S/C16H16BrFO2/c1-9-7-11(8-10(2)16(9)20-3)15(19)12-5-4-6-13(18)14(12)17/h4-8,15,19H,1-3H3. The summed E-state index contributed by atoms with van der Waals surface area (Å²) in [5.41, 5.74) is 3.10. The third kappa shape index (κ3) is 2.72. The predicted octanol–water partition coefficient (Wildman–Crippen LogP) is 4.30. The molecule has 1 atom stereocenters. The van der Waals surface area contributed by atoms with Crippen molar-refractivity contribution in [3.63, 3.8) is 0 Å². The molecule has 0 amide bonds. The molecule has 0 saturated heterocycles. The summed E-state index contributed by atoms with van der Waals surface area (Å²) in [6.45, 7) is 3.84. The molecule has 0 aliphatic carbocycles. The Balaban J connectivity index is 2.49. The SMILES string of the molecule is COc1c(C)cc(C(O)c2cccc(F)c2Br)cc1C. The van der Waals surface area contributed by atoms with Gasteiger partial charge in [-0.3, -0.25) is 0 Å². The fourth-order valence-electron chi connectivity index (χ4n) is 2.37. The largest absolute Gasteiger partial charge is 0.496 e. The molecule has 20 heavy (non-hydrogen) atoms. The van der Waals surface area contributed by atoms with Gasteiger partial charge in [-0.2, -0.15) is 0 Å². The van der Waals surface area contributed by atoms with E-state index in [1.165, 1.54) is 6.07 Å². The molecule has 0 spiro atoms. The maximum atomic E-state index is 13.6. The van der Waals surface area contributed by atoms with Gasteiger partial charge in [0, 0.05) is 5.56 Å². The maximum absolute atomic E-state index is 13.6. The predicted molar refractivity (Wildman–Crippen MR) is 80.6 cm³/mol. The Labute approximate surface area is 126 Å². The maximum Gasteiger partial charge on any atom is 0.137 e. The summed E-state index contributed by atoms with van der Waals surface area (Å²) in [5, 5.41) is 10.5. The third-order valence-electron chi connectivity index (χ3n) is 3.28.